The SMILES string of the molecule is COc1cc2c(Nc3nc(CCN4C(=O)c5ccccc5C4=O)cs3)ncnc2cc1OCCCN1CCCC1. The van der Waals surface area contributed by atoms with Crippen molar-refractivity contribution in [3.63, 3.8) is 0 Å². The van der Waals surface area contributed by atoms with Crippen molar-refractivity contribution in [3.05, 3.63) is 64.9 Å². The first-order valence-electron chi connectivity index (χ1n) is 13.5. The number of ether oxygens (including phenoxy) is 2. The number of amides is 2. The Labute approximate surface area is 236 Å². The summed E-state index contributed by atoms with van der Waals surface area (Å²) in [6.07, 6.45) is 5.49. The van der Waals surface area contributed by atoms with E-state index in [9.17, 15) is 9.59 Å². The third kappa shape index (κ3) is 5.34. The summed E-state index contributed by atoms with van der Waals surface area (Å²) < 4.78 is 11.7. The smallest absolute Gasteiger partial charge is 0.261 e. The van der Waals surface area contributed by atoms with Crippen LogP contribution in [0.5, 0.6) is 11.5 Å². The van der Waals surface area contributed by atoms with Crippen LogP contribution in [0, 0.1) is 0 Å². The highest BCUT2D eigenvalue weighted by Gasteiger charge is 2.34. The number of hydrogen-bond acceptors (Lipinski definition) is 10. The summed E-state index contributed by atoms with van der Waals surface area (Å²) >= 11 is 1.43. The fourth-order valence-corrected chi connectivity index (χ4v) is 5.91. The normalized spacial score (nSPS) is 15.2. The maximum atomic E-state index is 12.6. The fraction of sp³-hybridized carbons (Fsp3) is 0.345. The molecule has 0 saturated carbocycles. The molecule has 4 heterocycles. The van der Waals surface area contributed by atoms with E-state index >= 15 is 0 Å². The van der Waals surface area contributed by atoms with Gasteiger partial charge in [0.05, 0.1) is 36.1 Å². The van der Waals surface area contributed by atoms with E-state index in [0.29, 0.717) is 46.6 Å². The van der Waals surface area contributed by atoms with E-state index in [1.165, 1.54) is 48.5 Å². The first-order chi connectivity index (χ1) is 19.6. The molecule has 10 nitrogen and oxygen atoms in total. The van der Waals surface area contributed by atoms with Crippen molar-refractivity contribution in [3.8, 4) is 11.5 Å². The quantitative estimate of drug-likeness (QED) is 0.210. The van der Waals surface area contributed by atoms with Gasteiger partial charge in [-0.25, -0.2) is 15.0 Å². The molecule has 2 aromatic heterocycles. The lowest BCUT2D eigenvalue weighted by molar-refractivity contribution is 0.0656. The van der Waals surface area contributed by atoms with Gasteiger partial charge >= 0.3 is 0 Å². The maximum Gasteiger partial charge on any atom is 0.261 e. The molecule has 2 aliphatic rings. The van der Waals surface area contributed by atoms with Crippen LogP contribution in [0.15, 0.2) is 48.1 Å². The average Bonchev–Trinajstić information content (AvgIpc) is 3.71. The van der Waals surface area contributed by atoms with Gasteiger partial charge in [0.2, 0.25) is 0 Å². The van der Waals surface area contributed by atoms with Crippen LogP contribution >= 0.6 is 11.3 Å². The number of fused-ring (bicyclic) bond motifs is 2. The van der Waals surface area contributed by atoms with Crippen molar-refractivity contribution in [2.45, 2.75) is 25.7 Å². The molecule has 40 heavy (non-hydrogen) atoms. The molecule has 0 bridgehead atoms. The van der Waals surface area contributed by atoms with E-state index in [0.717, 1.165) is 29.6 Å². The number of carbonyl (C=O) groups excluding carboxylic acids is 2. The molecule has 1 fully saturated rings. The van der Waals surface area contributed by atoms with E-state index in [1.54, 1.807) is 31.4 Å². The second-order valence-corrected chi connectivity index (χ2v) is 10.7. The standard InChI is InChI=1S/C29H30N6O4S/c1-38-24-15-22-23(16-25(24)39-14-6-12-34-10-4-5-11-34)30-18-31-26(22)33-29-32-19(17-40-29)9-13-35-27(36)20-7-2-3-8-21(20)28(35)37/h2-3,7-8,15-18H,4-6,9-14H2,1H3,(H,30,31,32,33). The summed E-state index contributed by atoms with van der Waals surface area (Å²) in [5.41, 5.74) is 2.42. The third-order valence-corrected chi connectivity index (χ3v) is 8.05. The summed E-state index contributed by atoms with van der Waals surface area (Å²) in [4.78, 5) is 42.6. The largest absolute Gasteiger partial charge is 0.493 e. The number of nitrogens with one attached hydrogen (secondary N) is 1. The van der Waals surface area contributed by atoms with Crippen LogP contribution in [0.2, 0.25) is 0 Å². The number of carbonyl (C=O) groups is 2. The molecule has 1 N–H and O–H groups in total. The minimum absolute atomic E-state index is 0.259. The van der Waals surface area contributed by atoms with E-state index in [-0.39, 0.29) is 18.4 Å². The topological polar surface area (TPSA) is 110 Å². The van der Waals surface area contributed by atoms with Gasteiger partial charge in [0.25, 0.3) is 11.8 Å². The molecule has 0 spiro atoms. The Balaban J connectivity index is 1.10. The van der Waals surface area contributed by atoms with Gasteiger partial charge in [-0.05, 0) is 50.6 Å². The van der Waals surface area contributed by atoms with E-state index in [4.69, 9.17) is 9.47 Å². The lowest BCUT2D eigenvalue weighted by Gasteiger charge is -2.16. The Kier molecular flexibility index (Phi) is 7.56. The molecule has 0 radical (unpaired) electrons. The summed E-state index contributed by atoms with van der Waals surface area (Å²) in [7, 11) is 1.62. The first kappa shape index (κ1) is 26.1. The van der Waals surface area contributed by atoms with Gasteiger partial charge in [-0.2, -0.15) is 0 Å². The molecule has 2 aromatic carbocycles. The Hall–Kier alpha value is -4.09. The van der Waals surface area contributed by atoms with Gasteiger partial charge < -0.3 is 19.7 Å². The van der Waals surface area contributed by atoms with Gasteiger partial charge in [0, 0.05) is 36.3 Å². The molecular formula is C29H30N6O4S. The van der Waals surface area contributed by atoms with Gasteiger partial charge in [-0.1, -0.05) is 12.1 Å². The highest BCUT2D eigenvalue weighted by atomic mass is 32.1. The predicted octanol–water partition coefficient (Wildman–Crippen LogP) is 4.54. The fourth-order valence-electron chi connectivity index (χ4n) is 5.16. The molecule has 1 saturated heterocycles. The van der Waals surface area contributed by atoms with Gasteiger partial charge in [0.15, 0.2) is 16.6 Å². The number of nitrogens with zero attached hydrogens (tertiary/aromatic N) is 5. The number of thiazole rings is 1. The molecule has 206 valence electrons. The minimum Gasteiger partial charge on any atom is -0.493 e. The summed E-state index contributed by atoms with van der Waals surface area (Å²) in [6, 6.07) is 10.7. The molecule has 0 aliphatic carbocycles. The Morgan fingerprint density at radius 3 is 2.52 bits per heavy atom. The third-order valence-electron chi connectivity index (χ3n) is 7.24. The van der Waals surface area contributed by atoms with Crippen LogP contribution in [0.4, 0.5) is 10.9 Å². The zero-order chi connectivity index (χ0) is 27.5. The number of rotatable bonds is 11. The lowest BCUT2D eigenvalue weighted by Crippen LogP contribution is -2.31. The first-order valence-corrected chi connectivity index (χ1v) is 14.3. The van der Waals surface area contributed by atoms with Crippen molar-refractivity contribution in [2.75, 3.05) is 45.2 Å². The van der Waals surface area contributed by atoms with Crippen molar-refractivity contribution in [1.82, 2.24) is 24.8 Å². The zero-order valence-corrected chi connectivity index (χ0v) is 23.1. The van der Waals surface area contributed by atoms with E-state index < -0.39 is 0 Å². The number of imide groups is 1. The van der Waals surface area contributed by atoms with Gasteiger partial charge in [-0.3, -0.25) is 14.5 Å². The van der Waals surface area contributed by atoms with Crippen LogP contribution in [0.1, 0.15) is 45.7 Å². The molecule has 6 rings (SSSR count). The van der Waals surface area contributed by atoms with Crippen LogP contribution in [0.25, 0.3) is 10.9 Å². The second kappa shape index (κ2) is 11.6. The van der Waals surface area contributed by atoms with E-state index in [2.05, 4.69) is 25.2 Å². The number of anilines is 2. The summed E-state index contributed by atoms with van der Waals surface area (Å²) in [5, 5.41) is 6.64. The molecule has 2 amide bonds. The highest BCUT2D eigenvalue weighted by molar-refractivity contribution is 7.13. The maximum absolute atomic E-state index is 12.6. The zero-order valence-electron chi connectivity index (χ0n) is 22.3. The highest BCUT2D eigenvalue weighted by Crippen LogP contribution is 2.35. The summed E-state index contributed by atoms with van der Waals surface area (Å²) in [6.45, 7) is 4.28. The number of hydrogen-bond donors (Lipinski definition) is 1. The lowest BCUT2D eigenvalue weighted by atomic mass is 10.1. The molecule has 11 heteroatoms. The molecule has 4 aromatic rings. The van der Waals surface area contributed by atoms with Gasteiger partial charge in [0.1, 0.15) is 12.1 Å². The number of aromatic nitrogens is 3. The molecule has 0 atom stereocenters. The monoisotopic (exact) mass is 558 g/mol. The van der Waals surface area contributed by atoms with Crippen LogP contribution in [-0.4, -0.2) is 76.5 Å². The summed E-state index contributed by atoms with van der Waals surface area (Å²) in [5.74, 6) is 1.36. The Bertz CT molecular complexity index is 1520. The molecule has 2 aliphatic heterocycles. The second-order valence-electron chi connectivity index (χ2n) is 9.82. The van der Waals surface area contributed by atoms with Crippen molar-refractivity contribution < 1.29 is 19.1 Å². The van der Waals surface area contributed by atoms with E-state index in [1.807, 2.05) is 17.5 Å². The average molecular weight is 559 g/mol. The molecular weight excluding hydrogens is 528 g/mol. The minimum atomic E-state index is -0.259. The number of benzene rings is 2. The van der Waals surface area contributed by atoms with Gasteiger partial charge in [-0.15, -0.1) is 11.3 Å². The van der Waals surface area contributed by atoms with Crippen molar-refractivity contribution >= 4 is 45.0 Å². The molecule has 0 unspecified atom stereocenters. The van der Waals surface area contributed by atoms with Crippen molar-refractivity contribution in [2.24, 2.45) is 0 Å². The number of likely N-dealkylation sites (tertiary alicyclic amines) is 1. The van der Waals surface area contributed by atoms with Crippen LogP contribution in [-0.2, 0) is 6.42 Å². The van der Waals surface area contributed by atoms with Crippen molar-refractivity contribution in [1.29, 1.82) is 0 Å². The van der Waals surface area contributed by atoms with Crippen LogP contribution in [0.3, 0.4) is 0 Å². The Morgan fingerprint density at radius 1 is 1.00 bits per heavy atom. The predicted molar refractivity (Wildman–Crippen MR) is 153 cm³/mol. The van der Waals surface area contributed by atoms with Crippen LogP contribution < -0.4 is 14.8 Å². The number of methoxy groups -OCH3 is 1. The Morgan fingerprint density at radius 2 is 1.77 bits per heavy atom.